The Hall–Kier alpha value is -3.79. The van der Waals surface area contributed by atoms with Crippen LogP contribution >= 0.6 is 11.6 Å². The van der Waals surface area contributed by atoms with Gasteiger partial charge in [0.1, 0.15) is 6.54 Å². The van der Waals surface area contributed by atoms with Gasteiger partial charge in [-0.25, -0.2) is 9.48 Å². The second kappa shape index (κ2) is 9.81. The molecule has 0 spiro atoms. The molecule has 0 radical (unpaired) electrons. The Balaban J connectivity index is 1.97. The number of hydrogen-bond donors (Lipinski definition) is 0. The summed E-state index contributed by atoms with van der Waals surface area (Å²) in [5, 5.41) is 19.9. The molecule has 10 nitrogen and oxygen atoms in total. The van der Waals surface area contributed by atoms with Crippen LogP contribution in [0.5, 0.6) is 0 Å². The highest BCUT2D eigenvalue weighted by Crippen LogP contribution is 2.13. The lowest BCUT2D eigenvalue weighted by atomic mass is 10.1. The third kappa shape index (κ3) is 5.64. The van der Waals surface area contributed by atoms with Crippen LogP contribution in [0.4, 0.5) is 5.69 Å². The van der Waals surface area contributed by atoms with E-state index >= 15 is 0 Å². The van der Waals surface area contributed by atoms with Gasteiger partial charge in [0, 0.05) is 29.1 Å². The lowest BCUT2D eigenvalue weighted by Crippen LogP contribution is -2.27. The zero-order valence-corrected chi connectivity index (χ0v) is 17.2. The largest absolute Gasteiger partial charge is 0.465 e. The number of carbonyl (C=O) groups is 1. The molecule has 160 valence electrons. The Morgan fingerprint density at radius 3 is 2.71 bits per heavy atom. The van der Waals surface area contributed by atoms with Crippen LogP contribution in [0, 0.1) is 10.1 Å². The van der Waals surface area contributed by atoms with Crippen molar-refractivity contribution in [1.82, 2.24) is 14.5 Å². The van der Waals surface area contributed by atoms with Crippen LogP contribution in [0.25, 0.3) is 0 Å². The highest BCUT2D eigenvalue weighted by molar-refractivity contribution is 6.30. The van der Waals surface area contributed by atoms with Gasteiger partial charge in [-0.1, -0.05) is 35.9 Å². The van der Waals surface area contributed by atoms with Crippen LogP contribution in [-0.4, -0.2) is 38.2 Å². The second-order valence-electron chi connectivity index (χ2n) is 6.37. The maximum Gasteiger partial charge on any atom is 0.367 e. The van der Waals surface area contributed by atoms with E-state index in [0.29, 0.717) is 10.6 Å². The molecule has 0 aliphatic carbocycles. The predicted molar refractivity (Wildman–Crippen MR) is 113 cm³/mol. The van der Waals surface area contributed by atoms with E-state index in [-0.39, 0.29) is 31.1 Å². The molecule has 2 aromatic carbocycles. The van der Waals surface area contributed by atoms with Crippen LogP contribution in [-0.2, 0) is 22.5 Å². The molecule has 0 saturated carbocycles. The summed E-state index contributed by atoms with van der Waals surface area (Å²) < 4.78 is 6.90. The Bertz CT molecular complexity index is 1180. The van der Waals surface area contributed by atoms with Crippen molar-refractivity contribution in [2.24, 2.45) is 5.10 Å². The van der Waals surface area contributed by atoms with Crippen molar-refractivity contribution in [3.05, 3.63) is 91.1 Å². The fraction of sp³-hybridized carbons (Fsp3) is 0.200. The number of aromatic nitrogens is 3. The normalized spacial score (nSPS) is 11.0. The fourth-order valence-electron chi connectivity index (χ4n) is 2.73. The molecule has 0 amide bonds. The van der Waals surface area contributed by atoms with Gasteiger partial charge >= 0.3 is 11.7 Å². The number of halogens is 1. The molecule has 0 fully saturated rings. The van der Waals surface area contributed by atoms with Gasteiger partial charge in [-0.2, -0.15) is 14.9 Å². The molecule has 0 aliphatic rings. The van der Waals surface area contributed by atoms with Gasteiger partial charge in [0.15, 0.2) is 5.82 Å². The fourth-order valence-corrected chi connectivity index (χ4v) is 2.86. The van der Waals surface area contributed by atoms with E-state index in [1.807, 2.05) is 0 Å². The number of benzene rings is 2. The van der Waals surface area contributed by atoms with Crippen molar-refractivity contribution < 1.29 is 14.5 Å². The lowest BCUT2D eigenvalue weighted by molar-refractivity contribution is -0.384. The summed E-state index contributed by atoms with van der Waals surface area (Å²) in [6.45, 7) is 1.48. The van der Waals surface area contributed by atoms with Crippen molar-refractivity contribution in [2.75, 3.05) is 6.61 Å². The van der Waals surface area contributed by atoms with E-state index in [4.69, 9.17) is 16.3 Å². The second-order valence-corrected chi connectivity index (χ2v) is 6.81. The highest BCUT2D eigenvalue weighted by atomic mass is 35.5. The molecule has 11 heteroatoms. The van der Waals surface area contributed by atoms with Crippen LogP contribution in [0.15, 0.2) is 58.4 Å². The molecule has 3 aromatic rings. The standard InChI is InChI=1S/C20H18ClN5O5/c1-2-31-19(27)13-24-20(28)25(18(23-24)11-14-6-8-16(21)9-7-14)22-12-15-4-3-5-17(10-15)26(29)30/h3-10,12H,2,11,13H2,1H3. The summed E-state index contributed by atoms with van der Waals surface area (Å²) in [5.74, 6) is -0.326. The Morgan fingerprint density at radius 1 is 1.29 bits per heavy atom. The average molecular weight is 444 g/mol. The number of nitrogens with zero attached hydrogens (tertiary/aromatic N) is 5. The predicted octanol–water partition coefficient (Wildman–Crippen LogP) is 2.64. The van der Waals surface area contributed by atoms with Crippen molar-refractivity contribution in [1.29, 1.82) is 0 Å². The summed E-state index contributed by atoms with van der Waals surface area (Å²) in [6, 6.07) is 12.8. The summed E-state index contributed by atoms with van der Waals surface area (Å²) in [7, 11) is 0. The number of hydrogen-bond acceptors (Lipinski definition) is 7. The van der Waals surface area contributed by atoms with Gasteiger partial charge in [-0.15, -0.1) is 0 Å². The average Bonchev–Trinajstić information content (AvgIpc) is 3.02. The molecule has 0 bridgehead atoms. The topological polar surface area (TPSA) is 122 Å². The van der Waals surface area contributed by atoms with Crippen LogP contribution in [0.2, 0.25) is 5.02 Å². The first kappa shape index (κ1) is 21.9. The molecule has 3 rings (SSSR count). The molecular weight excluding hydrogens is 426 g/mol. The molecule has 0 saturated heterocycles. The first-order chi connectivity index (χ1) is 14.9. The van der Waals surface area contributed by atoms with E-state index in [1.165, 1.54) is 24.4 Å². The first-order valence-corrected chi connectivity index (χ1v) is 9.62. The van der Waals surface area contributed by atoms with E-state index in [1.54, 1.807) is 37.3 Å². The van der Waals surface area contributed by atoms with Gasteiger partial charge in [-0.05, 0) is 24.6 Å². The van der Waals surface area contributed by atoms with Gasteiger partial charge in [0.05, 0.1) is 17.7 Å². The molecule has 1 heterocycles. The van der Waals surface area contributed by atoms with E-state index in [2.05, 4.69) is 10.2 Å². The number of nitro benzene ring substituents is 1. The third-order valence-corrected chi connectivity index (χ3v) is 4.40. The van der Waals surface area contributed by atoms with Crippen LogP contribution < -0.4 is 5.69 Å². The zero-order chi connectivity index (χ0) is 22.4. The van der Waals surface area contributed by atoms with Gasteiger partial charge in [0.2, 0.25) is 0 Å². The van der Waals surface area contributed by atoms with Crippen molar-refractivity contribution >= 4 is 29.5 Å². The molecule has 0 N–H and O–H groups in total. The Morgan fingerprint density at radius 2 is 2.03 bits per heavy atom. The monoisotopic (exact) mass is 443 g/mol. The molecule has 0 unspecified atom stereocenters. The van der Waals surface area contributed by atoms with E-state index in [9.17, 15) is 19.7 Å². The smallest absolute Gasteiger partial charge is 0.367 e. The number of esters is 1. The summed E-state index contributed by atoms with van der Waals surface area (Å²) in [6.07, 6.45) is 1.56. The molecule has 1 aromatic heterocycles. The summed E-state index contributed by atoms with van der Waals surface area (Å²) in [4.78, 5) is 35.0. The maximum atomic E-state index is 12.8. The third-order valence-electron chi connectivity index (χ3n) is 4.15. The SMILES string of the molecule is CCOC(=O)Cn1nc(Cc2ccc(Cl)cc2)n(N=Cc2cccc([N+](=O)[O-])c2)c1=O. The van der Waals surface area contributed by atoms with Crippen molar-refractivity contribution in [3.8, 4) is 0 Å². The van der Waals surface area contributed by atoms with Crippen molar-refractivity contribution in [3.63, 3.8) is 0 Å². The zero-order valence-electron chi connectivity index (χ0n) is 16.5. The van der Waals surface area contributed by atoms with Crippen LogP contribution in [0.3, 0.4) is 0 Å². The van der Waals surface area contributed by atoms with E-state index in [0.717, 1.165) is 14.9 Å². The quantitative estimate of drug-likeness (QED) is 0.228. The number of rotatable bonds is 8. The van der Waals surface area contributed by atoms with Crippen LogP contribution in [0.1, 0.15) is 23.9 Å². The maximum absolute atomic E-state index is 12.8. The number of non-ortho nitro benzene ring substituents is 1. The van der Waals surface area contributed by atoms with Crippen molar-refractivity contribution in [2.45, 2.75) is 19.9 Å². The highest BCUT2D eigenvalue weighted by Gasteiger charge is 2.16. The molecule has 31 heavy (non-hydrogen) atoms. The first-order valence-electron chi connectivity index (χ1n) is 9.25. The molecule has 0 atom stereocenters. The number of carbonyl (C=O) groups excluding carboxylic acids is 1. The minimum Gasteiger partial charge on any atom is -0.465 e. The number of nitro groups is 1. The summed E-state index contributed by atoms with van der Waals surface area (Å²) in [5.41, 5.74) is 0.510. The Kier molecular flexibility index (Phi) is 6.93. The number of ether oxygens (including phenoxy) is 1. The Labute approximate surface area is 181 Å². The van der Waals surface area contributed by atoms with Gasteiger partial charge < -0.3 is 4.74 Å². The lowest BCUT2D eigenvalue weighted by Gasteiger charge is -2.01. The van der Waals surface area contributed by atoms with Gasteiger partial charge in [0.25, 0.3) is 5.69 Å². The molecule has 0 aliphatic heterocycles. The molecular formula is C20H18ClN5O5. The minimum absolute atomic E-state index is 0.101. The van der Waals surface area contributed by atoms with Gasteiger partial charge in [-0.3, -0.25) is 14.9 Å². The minimum atomic E-state index is -0.640. The van der Waals surface area contributed by atoms with E-state index < -0.39 is 16.6 Å². The summed E-state index contributed by atoms with van der Waals surface area (Å²) >= 11 is 5.92.